The first kappa shape index (κ1) is 18.3. The van der Waals surface area contributed by atoms with Crippen molar-refractivity contribution >= 4 is 23.6 Å². The van der Waals surface area contributed by atoms with Gasteiger partial charge >= 0.3 is 12.0 Å². The van der Waals surface area contributed by atoms with Gasteiger partial charge in [-0.2, -0.15) is 0 Å². The van der Waals surface area contributed by atoms with Gasteiger partial charge in [-0.1, -0.05) is 18.5 Å². The molecule has 2 atom stereocenters. The highest BCUT2D eigenvalue weighted by Gasteiger charge is 2.31. The fraction of sp³-hybridized carbons (Fsp3) is 0.500. The average molecular weight is 359 g/mol. The zero-order valence-electron chi connectivity index (χ0n) is 13.3. The monoisotopic (exact) mass is 358 g/mol. The summed E-state index contributed by atoms with van der Waals surface area (Å²) in [5.74, 6) is -1.52. The van der Waals surface area contributed by atoms with E-state index in [1.54, 1.807) is 0 Å². The molecule has 8 heteroatoms. The zero-order valence-corrected chi connectivity index (χ0v) is 14.1. The van der Waals surface area contributed by atoms with Crippen LogP contribution >= 0.6 is 11.6 Å². The van der Waals surface area contributed by atoms with Gasteiger partial charge in [0.15, 0.2) is 0 Å². The lowest BCUT2D eigenvalue weighted by Gasteiger charge is -2.34. The summed E-state index contributed by atoms with van der Waals surface area (Å²) in [7, 11) is 0. The highest BCUT2D eigenvalue weighted by atomic mass is 35.5. The molecule has 1 aliphatic rings. The number of ether oxygens (including phenoxy) is 1. The summed E-state index contributed by atoms with van der Waals surface area (Å²) in [4.78, 5) is 24.7. The van der Waals surface area contributed by atoms with Gasteiger partial charge in [0, 0.05) is 19.2 Å². The van der Waals surface area contributed by atoms with Crippen LogP contribution in [0.15, 0.2) is 18.2 Å². The Hall–Kier alpha value is -2.02. The highest BCUT2D eigenvalue weighted by molar-refractivity contribution is 6.30. The van der Waals surface area contributed by atoms with E-state index in [1.807, 2.05) is 6.92 Å². The molecule has 0 saturated carbocycles. The number of amides is 2. The Bertz CT molecular complexity index is 614. The molecule has 132 valence electrons. The number of piperidine rings is 1. The predicted octanol–water partition coefficient (Wildman–Crippen LogP) is 2.61. The second-order valence-electron chi connectivity index (χ2n) is 5.94. The molecule has 0 aliphatic carbocycles. The van der Waals surface area contributed by atoms with Crippen molar-refractivity contribution in [3.05, 3.63) is 29.0 Å². The maximum absolute atomic E-state index is 13.3. The number of urea groups is 1. The Morgan fingerprint density at radius 1 is 1.46 bits per heavy atom. The third-order valence-corrected chi connectivity index (χ3v) is 4.14. The van der Waals surface area contributed by atoms with E-state index in [-0.39, 0.29) is 36.7 Å². The SMILES string of the molecule is CC1CC(C(=O)O)CN(C(=O)NCCOc2ccc(Cl)c(F)c2)C1. The number of carboxylic acids is 1. The third kappa shape index (κ3) is 4.99. The molecule has 1 aromatic rings. The quantitative estimate of drug-likeness (QED) is 0.793. The number of hydrogen-bond donors (Lipinski definition) is 2. The normalized spacial score (nSPS) is 20.5. The Morgan fingerprint density at radius 2 is 2.21 bits per heavy atom. The van der Waals surface area contributed by atoms with E-state index in [0.29, 0.717) is 18.7 Å². The molecule has 0 radical (unpaired) electrons. The van der Waals surface area contributed by atoms with E-state index in [1.165, 1.54) is 23.1 Å². The number of rotatable bonds is 5. The lowest BCUT2D eigenvalue weighted by Crippen LogP contribution is -2.50. The van der Waals surface area contributed by atoms with E-state index in [4.69, 9.17) is 21.4 Å². The first-order valence-electron chi connectivity index (χ1n) is 7.70. The second kappa shape index (κ2) is 8.19. The molecule has 0 aromatic heterocycles. The van der Waals surface area contributed by atoms with E-state index in [0.717, 1.165) is 0 Å². The first-order valence-corrected chi connectivity index (χ1v) is 8.08. The van der Waals surface area contributed by atoms with Gasteiger partial charge < -0.3 is 20.1 Å². The highest BCUT2D eigenvalue weighted by Crippen LogP contribution is 2.22. The number of likely N-dealkylation sites (tertiary alicyclic amines) is 1. The number of carbonyl (C=O) groups is 2. The number of carbonyl (C=O) groups excluding carboxylic acids is 1. The topological polar surface area (TPSA) is 78.9 Å². The van der Waals surface area contributed by atoms with Gasteiger partial charge in [-0.25, -0.2) is 9.18 Å². The number of benzene rings is 1. The Morgan fingerprint density at radius 3 is 2.88 bits per heavy atom. The molecular formula is C16H20ClFN2O4. The molecule has 2 rings (SSSR count). The number of halogens is 2. The first-order chi connectivity index (χ1) is 11.4. The molecule has 0 spiro atoms. The van der Waals surface area contributed by atoms with Crippen molar-refractivity contribution < 1.29 is 23.8 Å². The molecule has 1 aliphatic heterocycles. The van der Waals surface area contributed by atoms with E-state index < -0.39 is 17.7 Å². The number of aliphatic carboxylic acids is 1. The summed E-state index contributed by atoms with van der Waals surface area (Å²) in [5.41, 5.74) is 0. The smallest absolute Gasteiger partial charge is 0.317 e. The molecule has 1 aromatic carbocycles. The summed E-state index contributed by atoms with van der Waals surface area (Å²) in [6, 6.07) is 3.79. The van der Waals surface area contributed by atoms with Crippen LogP contribution in [0.4, 0.5) is 9.18 Å². The fourth-order valence-corrected chi connectivity index (χ4v) is 2.82. The molecule has 24 heavy (non-hydrogen) atoms. The van der Waals surface area contributed by atoms with Crippen molar-refractivity contribution in [2.75, 3.05) is 26.2 Å². The standard InChI is InChI=1S/C16H20ClFN2O4/c1-10-6-11(15(21)22)9-20(8-10)16(23)19-4-5-24-12-2-3-13(17)14(18)7-12/h2-3,7,10-11H,4-6,8-9H2,1H3,(H,19,23)(H,21,22). The summed E-state index contributed by atoms with van der Waals surface area (Å²) >= 11 is 5.58. The Labute approximate surface area is 144 Å². The zero-order chi connectivity index (χ0) is 17.7. The van der Waals surface area contributed by atoms with Crippen molar-refractivity contribution in [3.8, 4) is 5.75 Å². The molecule has 2 N–H and O–H groups in total. The van der Waals surface area contributed by atoms with Crippen LogP contribution in [0.2, 0.25) is 5.02 Å². The Balaban J connectivity index is 1.76. The average Bonchev–Trinajstić information content (AvgIpc) is 2.54. The van der Waals surface area contributed by atoms with Crippen LogP contribution in [0.3, 0.4) is 0 Å². The maximum atomic E-state index is 13.3. The van der Waals surface area contributed by atoms with Crippen LogP contribution < -0.4 is 10.1 Å². The fourth-order valence-electron chi connectivity index (χ4n) is 2.70. The predicted molar refractivity (Wildman–Crippen MR) is 86.8 cm³/mol. The molecule has 1 saturated heterocycles. The number of hydrogen-bond acceptors (Lipinski definition) is 3. The minimum atomic E-state index is -0.882. The summed E-state index contributed by atoms with van der Waals surface area (Å²) in [5, 5.41) is 11.8. The van der Waals surface area contributed by atoms with E-state index in [9.17, 15) is 14.0 Å². The molecule has 6 nitrogen and oxygen atoms in total. The molecule has 0 bridgehead atoms. The number of nitrogens with zero attached hydrogens (tertiary/aromatic N) is 1. The van der Waals surface area contributed by atoms with Crippen molar-refractivity contribution in [1.82, 2.24) is 10.2 Å². The third-order valence-electron chi connectivity index (χ3n) is 3.83. The van der Waals surface area contributed by atoms with Gasteiger partial charge in [0.05, 0.1) is 17.5 Å². The van der Waals surface area contributed by atoms with Crippen LogP contribution in [-0.4, -0.2) is 48.2 Å². The minimum Gasteiger partial charge on any atom is -0.492 e. The molecule has 2 amide bonds. The summed E-state index contributed by atoms with van der Waals surface area (Å²) < 4.78 is 18.6. The molecular weight excluding hydrogens is 339 g/mol. The van der Waals surface area contributed by atoms with Crippen molar-refractivity contribution in [2.45, 2.75) is 13.3 Å². The van der Waals surface area contributed by atoms with E-state index in [2.05, 4.69) is 5.32 Å². The lowest BCUT2D eigenvalue weighted by atomic mass is 9.91. The maximum Gasteiger partial charge on any atom is 0.317 e. The largest absolute Gasteiger partial charge is 0.492 e. The summed E-state index contributed by atoms with van der Waals surface area (Å²) in [6.07, 6.45) is 0.574. The van der Waals surface area contributed by atoms with Crippen LogP contribution in [0.5, 0.6) is 5.75 Å². The molecule has 2 unspecified atom stereocenters. The van der Waals surface area contributed by atoms with Gasteiger partial charge in [0.1, 0.15) is 18.2 Å². The van der Waals surface area contributed by atoms with Crippen molar-refractivity contribution in [1.29, 1.82) is 0 Å². The van der Waals surface area contributed by atoms with Crippen LogP contribution in [0.1, 0.15) is 13.3 Å². The van der Waals surface area contributed by atoms with Gasteiger partial charge in [0.25, 0.3) is 0 Å². The lowest BCUT2D eigenvalue weighted by molar-refractivity contribution is -0.143. The number of nitrogens with one attached hydrogen (secondary N) is 1. The minimum absolute atomic E-state index is 0.0165. The van der Waals surface area contributed by atoms with Crippen LogP contribution in [0, 0.1) is 17.7 Å². The van der Waals surface area contributed by atoms with Gasteiger partial charge in [0.2, 0.25) is 0 Å². The number of carboxylic acid groups (broad SMARTS) is 1. The van der Waals surface area contributed by atoms with Crippen molar-refractivity contribution in [2.24, 2.45) is 11.8 Å². The summed E-state index contributed by atoms with van der Waals surface area (Å²) in [6.45, 7) is 3.05. The molecule has 1 fully saturated rings. The van der Waals surface area contributed by atoms with Crippen LogP contribution in [0.25, 0.3) is 0 Å². The Kier molecular flexibility index (Phi) is 6.25. The van der Waals surface area contributed by atoms with Gasteiger partial charge in [-0.3, -0.25) is 4.79 Å². The van der Waals surface area contributed by atoms with Gasteiger partial charge in [-0.15, -0.1) is 0 Å². The van der Waals surface area contributed by atoms with Gasteiger partial charge in [-0.05, 0) is 24.5 Å². The molecule has 1 heterocycles. The van der Waals surface area contributed by atoms with E-state index >= 15 is 0 Å². The second-order valence-corrected chi connectivity index (χ2v) is 6.34. The van der Waals surface area contributed by atoms with Crippen molar-refractivity contribution in [3.63, 3.8) is 0 Å². The van der Waals surface area contributed by atoms with Crippen LogP contribution in [-0.2, 0) is 4.79 Å².